The van der Waals surface area contributed by atoms with E-state index < -0.39 is 0 Å². The average molecular weight is 297 g/mol. The van der Waals surface area contributed by atoms with Crippen molar-refractivity contribution in [1.82, 2.24) is 0 Å². The summed E-state index contributed by atoms with van der Waals surface area (Å²) in [6.45, 7) is 4.66. The van der Waals surface area contributed by atoms with Gasteiger partial charge in [0.25, 0.3) is 0 Å². The maximum atomic E-state index is 5.75. The van der Waals surface area contributed by atoms with E-state index in [0.29, 0.717) is 6.04 Å². The summed E-state index contributed by atoms with van der Waals surface area (Å²) in [5.41, 5.74) is 7.71. The molecule has 0 heterocycles. The molecular formula is C14H21BrN2. The lowest BCUT2D eigenvalue weighted by atomic mass is 9.93. The van der Waals surface area contributed by atoms with Gasteiger partial charge in [-0.2, -0.15) is 0 Å². The summed E-state index contributed by atoms with van der Waals surface area (Å²) >= 11 is 3.56. The highest BCUT2D eigenvalue weighted by Gasteiger charge is 2.31. The van der Waals surface area contributed by atoms with Crippen LogP contribution in [0.2, 0.25) is 0 Å². The van der Waals surface area contributed by atoms with Crippen LogP contribution in [0.5, 0.6) is 0 Å². The molecule has 3 N–H and O–H groups in total. The Morgan fingerprint density at radius 3 is 2.76 bits per heavy atom. The van der Waals surface area contributed by atoms with Crippen molar-refractivity contribution in [3.05, 3.63) is 22.7 Å². The SMILES string of the molecule is CCC1CCC(Nc2ccc(N)cc2Br)C1C. The summed E-state index contributed by atoms with van der Waals surface area (Å²) in [4.78, 5) is 0. The van der Waals surface area contributed by atoms with Gasteiger partial charge in [0.05, 0.1) is 0 Å². The third-order valence-corrected chi connectivity index (χ3v) is 4.74. The highest BCUT2D eigenvalue weighted by atomic mass is 79.9. The van der Waals surface area contributed by atoms with Crippen molar-refractivity contribution < 1.29 is 0 Å². The summed E-state index contributed by atoms with van der Waals surface area (Å²) < 4.78 is 1.06. The van der Waals surface area contributed by atoms with E-state index in [1.54, 1.807) is 0 Å². The number of hydrogen-bond acceptors (Lipinski definition) is 2. The van der Waals surface area contributed by atoms with Crippen LogP contribution < -0.4 is 11.1 Å². The summed E-state index contributed by atoms with van der Waals surface area (Å²) in [7, 11) is 0. The number of anilines is 2. The molecule has 1 aliphatic rings. The van der Waals surface area contributed by atoms with E-state index in [0.717, 1.165) is 27.7 Å². The molecule has 17 heavy (non-hydrogen) atoms. The number of halogens is 1. The van der Waals surface area contributed by atoms with Gasteiger partial charge < -0.3 is 11.1 Å². The highest BCUT2D eigenvalue weighted by molar-refractivity contribution is 9.10. The molecule has 1 fully saturated rings. The minimum absolute atomic E-state index is 0.597. The molecule has 2 rings (SSSR count). The normalized spacial score (nSPS) is 28.3. The summed E-state index contributed by atoms with van der Waals surface area (Å²) in [5, 5.41) is 3.65. The Labute approximate surface area is 112 Å². The lowest BCUT2D eigenvalue weighted by Gasteiger charge is -2.22. The molecule has 2 nitrogen and oxygen atoms in total. The van der Waals surface area contributed by atoms with Crippen molar-refractivity contribution in [1.29, 1.82) is 0 Å². The molecule has 3 unspecified atom stereocenters. The number of hydrogen-bond donors (Lipinski definition) is 2. The van der Waals surface area contributed by atoms with Crippen LogP contribution in [0, 0.1) is 11.8 Å². The minimum atomic E-state index is 0.597. The molecule has 1 aromatic rings. The fourth-order valence-electron chi connectivity index (χ4n) is 2.88. The van der Waals surface area contributed by atoms with Gasteiger partial charge in [0.2, 0.25) is 0 Å². The molecular weight excluding hydrogens is 276 g/mol. The van der Waals surface area contributed by atoms with Crippen LogP contribution in [-0.2, 0) is 0 Å². The van der Waals surface area contributed by atoms with Crippen molar-refractivity contribution in [3.63, 3.8) is 0 Å². The van der Waals surface area contributed by atoms with Crippen LogP contribution in [-0.4, -0.2) is 6.04 Å². The van der Waals surface area contributed by atoms with E-state index in [1.807, 2.05) is 12.1 Å². The molecule has 0 aromatic heterocycles. The number of nitrogens with one attached hydrogen (secondary N) is 1. The van der Waals surface area contributed by atoms with Gasteiger partial charge in [0, 0.05) is 21.9 Å². The van der Waals surface area contributed by atoms with Gasteiger partial charge in [0.1, 0.15) is 0 Å². The second-order valence-corrected chi connectivity index (χ2v) is 5.95. The van der Waals surface area contributed by atoms with Crippen LogP contribution in [0.3, 0.4) is 0 Å². The molecule has 1 aromatic carbocycles. The van der Waals surface area contributed by atoms with Crippen molar-refractivity contribution in [2.24, 2.45) is 11.8 Å². The Morgan fingerprint density at radius 2 is 2.18 bits per heavy atom. The molecule has 94 valence electrons. The number of nitrogen functional groups attached to an aromatic ring is 1. The fourth-order valence-corrected chi connectivity index (χ4v) is 3.39. The topological polar surface area (TPSA) is 38.0 Å². The van der Waals surface area contributed by atoms with Crippen LogP contribution in [0.25, 0.3) is 0 Å². The van der Waals surface area contributed by atoms with Crippen LogP contribution in [0.4, 0.5) is 11.4 Å². The lowest BCUT2D eigenvalue weighted by Crippen LogP contribution is -2.24. The van der Waals surface area contributed by atoms with Gasteiger partial charge in [-0.05, 0) is 58.8 Å². The van der Waals surface area contributed by atoms with Crippen LogP contribution >= 0.6 is 15.9 Å². The average Bonchev–Trinajstić information content (AvgIpc) is 2.64. The fraction of sp³-hybridized carbons (Fsp3) is 0.571. The molecule has 0 saturated heterocycles. The molecule has 0 radical (unpaired) electrons. The Kier molecular flexibility index (Phi) is 3.97. The number of benzene rings is 1. The number of rotatable bonds is 3. The van der Waals surface area contributed by atoms with Gasteiger partial charge in [-0.15, -0.1) is 0 Å². The van der Waals surface area contributed by atoms with Crippen LogP contribution in [0.1, 0.15) is 33.1 Å². The van der Waals surface area contributed by atoms with E-state index in [1.165, 1.54) is 19.3 Å². The van der Waals surface area contributed by atoms with Crippen molar-refractivity contribution in [2.45, 2.75) is 39.2 Å². The zero-order chi connectivity index (χ0) is 12.4. The minimum Gasteiger partial charge on any atom is -0.399 e. The first-order valence-electron chi connectivity index (χ1n) is 6.43. The summed E-state index contributed by atoms with van der Waals surface area (Å²) in [6.07, 6.45) is 3.92. The van der Waals surface area contributed by atoms with Crippen molar-refractivity contribution >= 4 is 27.3 Å². The van der Waals surface area contributed by atoms with Crippen molar-refractivity contribution in [3.8, 4) is 0 Å². The van der Waals surface area contributed by atoms with Gasteiger partial charge in [-0.3, -0.25) is 0 Å². The van der Waals surface area contributed by atoms with E-state index in [4.69, 9.17) is 5.73 Å². The lowest BCUT2D eigenvalue weighted by molar-refractivity contribution is 0.392. The monoisotopic (exact) mass is 296 g/mol. The first kappa shape index (κ1) is 12.7. The quantitative estimate of drug-likeness (QED) is 0.818. The van der Waals surface area contributed by atoms with E-state index in [2.05, 4.69) is 41.2 Å². The molecule has 0 bridgehead atoms. The Hall–Kier alpha value is -0.700. The van der Waals surface area contributed by atoms with E-state index >= 15 is 0 Å². The maximum Gasteiger partial charge on any atom is 0.0488 e. The molecule has 1 saturated carbocycles. The molecule has 1 aliphatic carbocycles. The largest absolute Gasteiger partial charge is 0.399 e. The first-order chi connectivity index (χ1) is 8.11. The van der Waals surface area contributed by atoms with Gasteiger partial charge in [-0.25, -0.2) is 0 Å². The highest BCUT2D eigenvalue weighted by Crippen LogP contribution is 2.37. The number of nitrogens with two attached hydrogens (primary N) is 1. The predicted molar refractivity (Wildman–Crippen MR) is 78.1 cm³/mol. The van der Waals surface area contributed by atoms with E-state index in [9.17, 15) is 0 Å². The third kappa shape index (κ3) is 2.76. The summed E-state index contributed by atoms with van der Waals surface area (Å²) in [6, 6.07) is 6.56. The first-order valence-corrected chi connectivity index (χ1v) is 7.22. The zero-order valence-corrected chi connectivity index (χ0v) is 12.1. The van der Waals surface area contributed by atoms with Crippen molar-refractivity contribution in [2.75, 3.05) is 11.1 Å². The molecule has 0 spiro atoms. The molecule has 3 atom stereocenters. The van der Waals surface area contributed by atoms with Gasteiger partial charge in [0.15, 0.2) is 0 Å². The maximum absolute atomic E-state index is 5.75. The van der Waals surface area contributed by atoms with Crippen LogP contribution in [0.15, 0.2) is 22.7 Å². The Bertz CT molecular complexity index is 392. The zero-order valence-electron chi connectivity index (χ0n) is 10.5. The molecule has 0 aliphatic heterocycles. The van der Waals surface area contributed by atoms with E-state index in [-0.39, 0.29) is 0 Å². The van der Waals surface area contributed by atoms with Gasteiger partial charge >= 0.3 is 0 Å². The second-order valence-electron chi connectivity index (χ2n) is 5.09. The van der Waals surface area contributed by atoms with Gasteiger partial charge in [-0.1, -0.05) is 20.3 Å². The summed E-state index contributed by atoms with van der Waals surface area (Å²) in [5.74, 6) is 1.63. The third-order valence-electron chi connectivity index (χ3n) is 4.09. The Morgan fingerprint density at radius 1 is 1.41 bits per heavy atom. The molecule has 3 heteroatoms. The standard InChI is InChI=1S/C14H21BrN2/c1-3-10-4-6-13(9(10)2)17-14-7-5-11(16)8-12(14)15/h5,7-10,13,17H,3-4,6,16H2,1-2H3. The predicted octanol–water partition coefficient (Wildman–Crippen LogP) is 4.27. The second kappa shape index (κ2) is 5.30. The Balaban J connectivity index is 2.06. The smallest absolute Gasteiger partial charge is 0.0488 e. The molecule has 0 amide bonds.